The van der Waals surface area contributed by atoms with Gasteiger partial charge in [0.05, 0.1) is 5.56 Å². The number of hydrogen-bond acceptors (Lipinski definition) is 3. The van der Waals surface area contributed by atoms with E-state index < -0.39 is 0 Å². The van der Waals surface area contributed by atoms with Crippen LogP contribution in [0.5, 0.6) is 0 Å². The monoisotopic (exact) mass is 341 g/mol. The zero-order valence-electron chi connectivity index (χ0n) is 9.52. The molecule has 2 rings (SSSR count). The third-order valence-electron chi connectivity index (χ3n) is 2.44. The Balaban J connectivity index is 1.91. The van der Waals surface area contributed by atoms with E-state index in [2.05, 4.69) is 39.9 Å². The van der Waals surface area contributed by atoms with Crippen LogP contribution in [0.25, 0.3) is 0 Å². The first-order valence-electron chi connectivity index (χ1n) is 5.46. The topological polar surface area (TPSA) is 29.1 Å². The number of benzene rings is 1. The van der Waals surface area contributed by atoms with Crippen molar-refractivity contribution in [2.75, 3.05) is 6.54 Å². The van der Waals surface area contributed by atoms with Crippen LogP contribution in [-0.2, 0) is 6.42 Å². The number of carbonyl (C=O) groups is 1. The van der Waals surface area contributed by atoms with Crippen molar-refractivity contribution >= 4 is 45.8 Å². The Kier molecular flexibility index (Phi) is 4.86. The van der Waals surface area contributed by atoms with Gasteiger partial charge in [-0.25, -0.2) is 0 Å². The summed E-state index contributed by atoms with van der Waals surface area (Å²) >= 11 is 9.35. The van der Waals surface area contributed by atoms with Crippen LogP contribution >= 0.6 is 39.9 Å². The average molecular weight is 342 g/mol. The summed E-state index contributed by atoms with van der Waals surface area (Å²) in [4.78, 5) is 13.9. The van der Waals surface area contributed by atoms with E-state index in [9.17, 15) is 4.79 Å². The van der Waals surface area contributed by atoms with Crippen molar-refractivity contribution in [2.24, 2.45) is 0 Å². The fourth-order valence-electron chi connectivity index (χ4n) is 1.55. The van der Waals surface area contributed by atoms with Gasteiger partial charge in [-0.1, -0.05) is 22.0 Å². The highest BCUT2D eigenvalue weighted by Crippen LogP contribution is 2.19. The van der Waals surface area contributed by atoms with Crippen molar-refractivity contribution in [3.8, 4) is 0 Å². The van der Waals surface area contributed by atoms with Gasteiger partial charge in [-0.05, 0) is 36.1 Å². The van der Waals surface area contributed by atoms with E-state index in [0.29, 0.717) is 17.0 Å². The predicted octanol–water partition coefficient (Wildman–Crippen LogP) is 3.77. The van der Waals surface area contributed by atoms with Gasteiger partial charge < -0.3 is 5.32 Å². The third-order valence-corrected chi connectivity index (χ3v) is 4.24. The smallest absolute Gasteiger partial charge is 0.252 e. The minimum atomic E-state index is -0.0796. The fourth-order valence-corrected chi connectivity index (χ4v) is 3.11. The van der Waals surface area contributed by atoms with Gasteiger partial charge in [0.15, 0.2) is 0 Å². The SMILES string of the molecule is O=C(NCCc1cccs1)c1ccc(Br)cc1S. The largest absolute Gasteiger partial charge is 0.352 e. The molecule has 94 valence electrons. The molecule has 5 heteroatoms. The molecule has 2 aromatic rings. The molecule has 0 fully saturated rings. The summed E-state index contributed by atoms with van der Waals surface area (Å²) in [5.41, 5.74) is 0.604. The number of hydrogen-bond donors (Lipinski definition) is 2. The lowest BCUT2D eigenvalue weighted by molar-refractivity contribution is 0.0951. The van der Waals surface area contributed by atoms with E-state index in [1.807, 2.05) is 23.6 Å². The molecule has 0 saturated heterocycles. The minimum Gasteiger partial charge on any atom is -0.352 e. The first-order valence-corrected chi connectivity index (χ1v) is 7.58. The van der Waals surface area contributed by atoms with Crippen molar-refractivity contribution in [3.05, 3.63) is 50.6 Å². The summed E-state index contributed by atoms with van der Waals surface area (Å²) < 4.78 is 0.919. The summed E-state index contributed by atoms with van der Waals surface area (Å²) in [6.45, 7) is 0.641. The number of nitrogens with one attached hydrogen (secondary N) is 1. The predicted molar refractivity (Wildman–Crippen MR) is 81.8 cm³/mol. The van der Waals surface area contributed by atoms with Crippen molar-refractivity contribution in [3.63, 3.8) is 0 Å². The Morgan fingerprint density at radius 3 is 2.89 bits per heavy atom. The molecular formula is C13H12BrNOS2. The van der Waals surface area contributed by atoms with Gasteiger partial charge in [0.25, 0.3) is 5.91 Å². The maximum absolute atomic E-state index is 11.9. The molecule has 2 nitrogen and oxygen atoms in total. The molecule has 0 aliphatic rings. The van der Waals surface area contributed by atoms with Crippen LogP contribution in [0.15, 0.2) is 45.1 Å². The van der Waals surface area contributed by atoms with Crippen LogP contribution < -0.4 is 5.32 Å². The number of thiophene rings is 1. The third kappa shape index (κ3) is 3.60. The molecule has 1 N–H and O–H groups in total. The van der Waals surface area contributed by atoms with Crippen LogP contribution in [0, 0.1) is 0 Å². The Labute approximate surface area is 124 Å². The Morgan fingerprint density at radius 2 is 2.22 bits per heavy atom. The molecule has 1 heterocycles. The van der Waals surface area contributed by atoms with Crippen molar-refractivity contribution in [1.29, 1.82) is 0 Å². The second-order valence-electron chi connectivity index (χ2n) is 3.75. The van der Waals surface area contributed by atoms with Gasteiger partial charge in [0.1, 0.15) is 0 Å². The number of rotatable bonds is 4. The molecule has 0 atom stereocenters. The molecule has 18 heavy (non-hydrogen) atoms. The maximum Gasteiger partial charge on any atom is 0.252 e. The van der Waals surface area contributed by atoms with Crippen LogP contribution in [0.3, 0.4) is 0 Å². The molecule has 0 bridgehead atoms. The zero-order valence-corrected chi connectivity index (χ0v) is 12.8. The molecule has 0 saturated carbocycles. The van der Waals surface area contributed by atoms with E-state index in [1.54, 1.807) is 17.4 Å². The standard InChI is InChI=1S/C13H12BrNOS2/c14-9-3-4-11(12(17)8-9)13(16)15-6-5-10-2-1-7-18-10/h1-4,7-8,17H,5-6H2,(H,15,16). The molecule has 1 aromatic heterocycles. The van der Waals surface area contributed by atoms with Gasteiger partial charge in [-0.15, -0.1) is 24.0 Å². The van der Waals surface area contributed by atoms with Crippen LogP contribution in [0.1, 0.15) is 15.2 Å². The summed E-state index contributed by atoms with van der Waals surface area (Å²) in [7, 11) is 0. The quantitative estimate of drug-likeness (QED) is 0.814. The number of thiol groups is 1. The van der Waals surface area contributed by atoms with Gasteiger partial charge in [-0.2, -0.15) is 0 Å². The number of carbonyl (C=O) groups excluding carboxylic acids is 1. The minimum absolute atomic E-state index is 0.0796. The zero-order chi connectivity index (χ0) is 13.0. The number of halogens is 1. The molecule has 1 amide bonds. The fraction of sp³-hybridized carbons (Fsp3) is 0.154. The normalized spacial score (nSPS) is 10.3. The van der Waals surface area contributed by atoms with Crippen molar-refractivity contribution in [1.82, 2.24) is 5.32 Å². The van der Waals surface area contributed by atoms with Crippen molar-refractivity contribution in [2.45, 2.75) is 11.3 Å². The Morgan fingerprint density at radius 1 is 1.39 bits per heavy atom. The van der Waals surface area contributed by atoms with Gasteiger partial charge in [0.2, 0.25) is 0 Å². The lowest BCUT2D eigenvalue weighted by atomic mass is 10.2. The van der Waals surface area contributed by atoms with E-state index >= 15 is 0 Å². The van der Waals surface area contributed by atoms with Crippen molar-refractivity contribution < 1.29 is 4.79 Å². The molecule has 0 radical (unpaired) electrons. The summed E-state index contributed by atoms with van der Waals surface area (Å²) in [5.74, 6) is -0.0796. The first kappa shape index (κ1) is 13.6. The lowest BCUT2D eigenvalue weighted by Gasteiger charge is -2.07. The second kappa shape index (κ2) is 6.41. The average Bonchev–Trinajstić information content (AvgIpc) is 2.81. The highest BCUT2D eigenvalue weighted by molar-refractivity contribution is 9.10. The number of amides is 1. The highest BCUT2D eigenvalue weighted by atomic mass is 79.9. The van der Waals surface area contributed by atoms with E-state index in [4.69, 9.17) is 0 Å². The van der Waals surface area contributed by atoms with Crippen LogP contribution in [-0.4, -0.2) is 12.5 Å². The van der Waals surface area contributed by atoms with E-state index in [1.165, 1.54) is 4.88 Å². The van der Waals surface area contributed by atoms with Crippen LogP contribution in [0.4, 0.5) is 0 Å². The molecule has 1 aromatic carbocycles. The second-order valence-corrected chi connectivity index (χ2v) is 6.18. The summed E-state index contributed by atoms with van der Waals surface area (Å²) in [6, 6.07) is 9.51. The molecule has 0 unspecified atom stereocenters. The first-order chi connectivity index (χ1) is 8.66. The highest BCUT2D eigenvalue weighted by Gasteiger charge is 2.09. The van der Waals surface area contributed by atoms with Gasteiger partial charge >= 0.3 is 0 Å². The lowest BCUT2D eigenvalue weighted by Crippen LogP contribution is -2.25. The van der Waals surface area contributed by atoms with Crippen LogP contribution in [0.2, 0.25) is 0 Å². The van der Waals surface area contributed by atoms with E-state index in [0.717, 1.165) is 10.9 Å². The van der Waals surface area contributed by atoms with E-state index in [-0.39, 0.29) is 5.91 Å². The molecular weight excluding hydrogens is 330 g/mol. The van der Waals surface area contributed by atoms with Gasteiger partial charge in [0, 0.05) is 20.8 Å². The molecule has 0 aliphatic carbocycles. The molecule has 0 aliphatic heterocycles. The summed E-state index contributed by atoms with van der Waals surface area (Å²) in [6.07, 6.45) is 0.863. The summed E-state index contributed by atoms with van der Waals surface area (Å²) in [5, 5.41) is 4.94. The van der Waals surface area contributed by atoms with Gasteiger partial charge in [-0.3, -0.25) is 4.79 Å². The molecule has 0 spiro atoms. The Hall–Kier alpha value is -0.780. The Bertz CT molecular complexity index is 540. The maximum atomic E-state index is 11.9.